The molecule has 1 aromatic heterocycles. The average Bonchev–Trinajstić information content (AvgIpc) is 3.23. The molecular formula is C20H19FN4O2. The zero-order valence-corrected chi connectivity index (χ0v) is 15.0. The molecule has 4 rings (SSSR count). The average molecular weight is 366 g/mol. The summed E-state index contributed by atoms with van der Waals surface area (Å²) in [6, 6.07) is 10.3. The second-order valence-corrected chi connectivity index (χ2v) is 6.85. The van der Waals surface area contributed by atoms with Gasteiger partial charge in [0.2, 0.25) is 11.8 Å². The standard InChI is InChI=1S/C20H19FN4O2/c1-11-5-3-7-15(12(11)2)22-20(27)13-9-17(26)25(10-13)19-18-14(21)6-4-8-16(18)23-24-19/h3-8,13H,9-10H2,1-2H3,(H,22,27)(H,23,24)/t13-/m1/s1. The molecule has 27 heavy (non-hydrogen) atoms. The summed E-state index contributed by atoms with van der Waals surface area (Å²) in [5.74, 6) is -1.20. The van der Waals surface area contributed by atoms with Gasteiger partial charge in [0.05, 0.1) is 16.8 Å². The summed E-state index contributed by atoms with van der Waals surface area (Å²) in [7, 11) is 0. The van der Waals surface area contributed by atoms with Crippen molar-refractivity contribution in [1.29, 1.82) is 0 Å². The number of anilines is 2. The number of carbonyl (C=O) groups excluding carboxylic acids is 2. The molecule has 1 fully saturated rings. The first-order valence-electron chi connectivity index (χ1n) is 8.75. The van der Waals surface area contributed by atoms with Crippen molar-refractivity contribution in [1.82, 2.24) is 10.2 Å². The number of amides is 2. The number of nitrogens with zero attached hydrogens (tertiary/aromatic N) is 2. The normalized spacial score (nSPS) is 16.9. The van der Waals surface area contributed by atoms with Crippen LogP contribution in [0.3, 0.4) is 0 Å². The Kier molecular flexibility index (Phi) is 4.14. The Balaban J connectivity index is 1.57. The molecule has 1 atom stereocenters. The van der Waals surface area contributed by atoms with E-state index in [1.165, 1.54) is 11.0 Å². The van der Waals surface area contributed by atoms with Crippen molar-refractivity contribution >= 4 is 34.2 Å². The SMILES string of the molecule is Cc1cccc(NC(=O)[C@@H]2CC(=O)N(c3n[nH]c4cccc(F)c34)C2)c1C. The highest BCUT2D eigenvalue weighted by Gasteiger charge is 2.37. The molecule has 0 saturated carbocycles. The highest BCUT2D eigenvalue weighted by atomic mass is 19.1. The molecule has 7 heteroatoms. The quantitative estimate of drug-likeness (QED) is 0.746. The monoisotopic (exact) mass is 366 g/mol. The molecule has 2 heterocycles. The van der Waals surface area contributed by atoms with Crippen LogP contribution in [0.5, 0.6) is 0 Å². The first kappa shape index (κ1) is 17.2. The predicted octanol–water partition coefficient (Wildman–Crippen LogP) is 3.31. The fourth-order valence-electron chi connectivity index (χ4n) is 3.42. The van der Waals surface area contributed by atoms with Crippen molar-refractivity contribution in [2.75, 3.05) is 16.8 Å². The number of benzene rings is 2. The zero-order chi connectivity index (χ0) is 19.1. The number of fused-ring (bicyclic) bond motifs is 1. The van der Waals surface area contributed by atoms with E-state index in [1.54, 1.807) is 12.1 Å². The van der Waals surface area contributed by atoms with Gasteiger partial charge in [0.15, 0.2) is 5.82 Å². The van der Waals surface area contributed by atoms with E-state index in [4.69, 9.17) is 0 Å². The summed E-state index contributed by atoms with van der Waals surface area (Å²) in [5, 5.41) is 10.0. The minimum atomic E-state index is -0.518. The van der Waals surface area contributed by atoms with Gasteiger partial charge >= 0.3 is 0 Å². The van der Waals surface area contributed by atoms with E-state index in [9.17, 15) is 14.0 Å². The Morgan fingerprint density at radius 1 is 1.26 bits per heavy atom. The molecule has 1 aliphatic heterocycles. The third-order valence-electron chi connectivity index (χ3n) is 5.13. The van der Waals surface area contributed by atoms with Gasteiger partial charge in [-0.15, -0.1) is 0 Å². The van der Waals surface area contributed by atoms with Gasteiger partial charge in [-0.25, -0.2) is 4.39 Å². The number of halogens is 1. The number of hydrogen-bond donors (Lipinski definition) is 2. The number of aryl methyl sites for hydroxylation is 1. The zero-order valence-electron chi connectivity index (χ0n) is 15.0. The number of rotatable bonds is 3. The van der Waals surface area contributed by atoms with Crippen molar-refractivity contribution in [2.24, 2.45) is 5.92 Å². The van der Waals surface area contributed by atoms with Crippen LogP contribution in [0.1, 0.15) is 17.5 Å². The minimum Gasteiger partial charge on any atom is -0.326 e. The van der Waals surface area contributed by atoms with E-state index in [1.807, 2.05) is 32.0 Å². The second-order valence-electron chi connectivity index (χ2n) is 6.85. The largest absolute Gasteiger partial charge is 0.326 e. The number of nitrogens with one attached hydrogen (secondary N) is 2. The highest BCUT2D eigenvalue weighted by Crippen LogP contribution is 2.32. The van der Waals surface area contributed by atoms with Crippen molar-refractivity contribution in [3.05, 3.63) is 53.3 Å². The van der Waals surface area contributed by atoms with Crippen LogP contribution in [-0.2, 0) is 9.59 Å². The smallest absolute Gasteiger partial charge is 0.229 e. The van der Waals surface area contributed by atoms with Crippen molar-refractivity contribution < 1.29 is 14.0 Å². The molecule has 1 aliphatic rings. The Labute approximate surface area is 155 Å². The maximum absolute atomic E-state index is 14.2. The van der Waals surface area contributed by atoms with E-state index < -0.39 is 11.7 Å². The number of carbonyl (C=O) groups is 2. The lowest BCUT2D eigenvalue weighted by molar-refractivity contribution is -0.122. The molecule has 6 nitrogen and oxygen atoms in total. The van der Waals surface area contributed by atoms with Gasteiger partial charge in [0.1, 0.15) is 5.82 Å². The molecule has 2 aromatic carbocycles. The molecule has 2 amide bonds. The van der Waals surface area contributed by atoms with E-state index in [0.717, 1.165) is 16.8 Å². The fraction of sp³-hybridized carbons (Fsp3) is 0.250. The Hall–Kier alpha value is -3.22. The number of hydrogen-bond acceptors (Lipinski definition) is 3. The van der Waals surface area contributed by atoms with E-state index >= 15 is 0 Å². The first-order valence-corrected chi connectivity index (χ1v) is 8.75. The lowest BCUT2D eigenvalue weighted by Crippen LogP contribution is -2.28. The van der Waals surface area contributed by atoms with Crippen LogP contribution in [-0.4, -0.2) is 28.6 Å². The van der Waals surface area contributed by atoms with Gasteiger partial charge in [-0.3, -0.25) is 19.6 Å². The van der Waals surface area contributed by atoms with Crippen LogP contribution in [0.4, 0.5) is 15.9 Å². The minimum absolute atomic E-state index is 0.0690. The first-order chi connectivity index (χ1) is 13.0. The van der Waals surface area contributed by atoms with Crippen molar-refractivity contribution in [2.45, 2.75) is 20.3 Å². The van der Waals surface area contributed by atoms with Crippen LogP contribution < -0.4 is 10.2 Å². The van der Waals surface area contributed by atoms with Crippen LogP contribution in [0.2, 0.25) is 0 Å². The van der Waals surface area contributed by atoms with Gasteiger partial charge < -0.3 is 5.32 Å². The van der Waals surface area contributed by atoms with Crippen molar-refractivity contribution in [3.63, 3.8) is 0 Å². The van der Waals surface area contributed by atoms with Gasteiger partial charge in [-0.1, -0.05) is 18.2 Å². The molecule has 0 radical (unpaired) electrons. The molecule has 0 bridgehead atoms. The second kappa shape index (κ2) is 6.50. The molecule has 1 saturated heterocycles. The predicted molar refractivity (Wildman–Crippen MR) is 101 cm³/mol. The summed E-state index contributed by atoms with van der Waals surface area (Å²) in [4.78, 5) is 26.5. The molecule has 0 unspecified atom stereocenters. The molecule has 3 aromatic rings. The fourth-order valence-corrected chi connectivity index (χ4v) is 3.42. The van der Waals surface area contributed by atoms with Gasteiger partial charge in [0, 0.05) is 18.7 Å². The summed E-state index contributed by atoms with van der Waals surface area (Å²) in [6.07, 6.45) is 0.0690. The lowest BCUT2D eigenvalue weighted by atomic mass is 10.1. The summed E-state index contributed by atoms with van der Waals surface area (Å²) >= 11 is 0. The van der Waals surface area contributed by atoms with Crippen LogP contribution in [0.15, 0.2) is 36.4 Å². The van der Waals surface area contributed by atoms with Gasteiger partial charge in [0.25, 0.3) is 0 Å². The van der Waals surface area contributed by atoms with E-state index in [-0.39, 0.29) is 36.0 Å². The Morgan fingerprint density at radius 2 is 2.04 bits per heavy atom. The number of aromatic nitrogens is 2. The van der Waals surface area contributed by atoms with E-state index in [2.05, 4.69) is 15.5 Å². The van der Waals surface area contributed by atoms with Crippen LogP contribution in [0, 0.1) is 25.6 Å². The van der Waals surface area contributed by atoms with Crippen LogP contribution in [0.25, 0.3) is 10.9 Å². The molecule has 0 aliphatic carbocycles. The molecular weight excluding hydrogens is 347 g/mol. The van der Waals surface area contributed by atoms with Gasteiger partial charge in [-0.05, 0) is 43.2 Å². The topological polar surface area (TPSA) is 78.1 Å². The Morgan fingerprint density at radius 3 is 2.85 bits per heavy atom. The maximum Gasteiger partial charge on any atom is 0.229 e. The van der Waals surface area contributed by atoms with Crippen molar-refractivity contribution in [3.8, 4) is 0 Å². The number of aromatic amines is 1. The van der Waals surface area contributed by atoms with E-state index in [0.29, 0.717) is 5.52 Å². The summed E-state index contributed by atoms with van der Waals surface area (Å²) < 4.78 is 14.2. The molecule has 2 N–H and O–H groups in total. The molecule has 138 valence electrons. The maximum atomic E-state index is 14.2. The third-order valence-corrected chi connectivity index (χ3v) is 5.13. The highest BCUT2D eigenvalue weighted by molar-refractivity contribution is 6.07. The third kappa shape index (κ3) is 2.95. The molecule has 0 spiro atoms. The Bertz CT molecular complexity index is 1060. The van der Waals surface area contributed by atoms with Crippen LogP contribution >= 0.6 is 0 Å². The number of H-pyrrole nitrogens is 1. The summed E-state index contributed by atoms with van der Waals surface area (Å²) in [6.45, 7) is 4.09. The summed E-state index contributed by atoms with van der Waals surface area (Å²) in [5.41, 5.74) is 3.33. The lowest BCUT2D eigenvalue weighted by Gasteiger charge is -2.15. The van der Waals surface area contributed by atoms with Gasteiger partial charge in [-0.2, -0.15) is 5.10 Å².